The molecule has 1 saturated heterocycles. The van der Waals surface area contributed by atoms with Crippen molar-refractivity contribution in [1.29, 1.82) is 0 Å². The Labute approximate surface area is 131 Å². The Morgan fingerprint density at radius 2 is 1.38 bits per heavy atom. The minimum atomic E-state index is 0.441. The Morgan fingerprint density at radius 1 is 0.857 bits per heavy atom. The molecule has 1 N–H and O–H groups in total. The van der Waals surface area contributed by atoms with E-state index in [0.29, 0.717) is 12.3 Å². The molecule has 0 saturated carbocycles. The summed E-state index contributed by atoms with van der Waals surface area (Å²) in [5, 5.41) is 3.32. The monoisotopic (exact) mass is 296 g/mol. The lowest BCUT2D eigenvalue weighted by molar-refractivity contribution is -0.120. The molecule has 0 aromatic heterocycles. The van der Waals surface area contributed by atoms with E-state index in [9.17, 15) is 4.79 Å². The molecule has 0 amide bonds. The lowest BCUT2D eigenvalue weighted by Crippen LogP contribution is -2.45. The van der Waals surface area contributed by atoms with Crippen molar-refractivity contribution in [2.75, 3.05) is 32.7 Å². The van der Waals surface area contributed by atoms with E-state index in [2.05, 4.69) is 17.1 Å². The minimum absolute atomic E-state index is 0.441. The topological polar surface area (TPSA) is 32.3 Å². The molecule has 0 aliphatic carbocycles. The van der Waals surface area contributed by atoms with Crippen LogP contribution < -0.4 is 5.32 Å². The molecule has 0 unspecified atom stereocenters. The highest BCUT2D eigenvalue weighted by Gasteiger charge is 2.12. The second kappa shape index (κ2) is 13.3. The van der Waals surface area contributed by atoms with Gasteiger partial charge in [0.05, 0.1) is 6.54 Å². The first-order chi connectivity index (χ1) is 10.3. The third-order valence-electron chi connectivity index (χ3n) is 4.42. The van der Waals surface area contributed by atoms with Crippen molar-refractivity contribution >= 4 is 5.78 Å². The normalized spacial score (nSPS) is 16.2. The van der Waals surface area contributed by atoms with E-state index in [4.69, 9.17) is 0 Å². The third-order valence-corrected chi connectivity index (χ3v) is 4.42. The number of carbonyl (C=O) groups is 1. The average molecular weight is 296 g/mol. The Morgan fingerprint density at radius 3 is 1.95 bits per heavy atom. The van der Waals surface area contributed by atoms with Crippen LogP contribution in [0.1, 0.15) is 77.6 Å². The van der Waals surface area contributed by atoms with Crippen LogP contribution in [0.15, 0.2) is 0 Å². The smallest absolute Gasteiger partial charge is 0.146 e. The molecule has 124 valence electrons. The number of unbranched alkanes of at least 4 members (excludes halogenated alkanes) is 9. The molecule has 3 nitrogen and oxygen atoms in total. The first-order valence-electron chi connectivity index (χ1n) is 9.27. The molecule has 21 heavy (non-hydrogen) atoms. The van der Waals surface area contributed by atoms with Crippen LogP contribution in [0, 0.1) is 0 Å². The van der Waals surface area contributed by atoms with E-state index in [1.807, 2.05) is 0 Å². The molecule has 0 bridgehead atoms. The van der Waals surface area contributed by atoms with Gasteiger partial charge in [0, 0.05) is 32.6 Å². The van der Waals surface area contributed by atoms with Gasteiger partial charge in [0.2, 0.25) is 0 Å². The van der Waals surface area contributed by atoms with Crippen LogP contribution in [-0.2, 0) is 4.79 Å². The molecule has 0 aromatic carbocycles. The maximum atomic E-state index is 11.9. The molecular weight excluding hydrogens is 260 g/mol. The van der Waals surface area contributed by atoms with Crippen LogP contribution in [-0.4, -0.2) is 43.4 Å². The summed E-state index contributed by atoms with van der Waals surface area (Å²) in [7, 11) is 0. The highest BCUT2D eigenvalue weighted by atomic mass is 16.1. The number of ketones is 1. The first-order valence-corrected chi connectivity index (χ1v) is 9.27. The number of Topliss-reactive ketones (excluding diaryl/α,β-unsaturated/α-hetero) is 1. The second-order valence-electron chi connectivity index (χ2n) is 6.50. The summed E-state index contributed by atoms with van der Waals surface area (Å²) in [5.41, 5.74) is 0. The van der Waals surface area contributed by atoms with Gasteiger partial charge in [-0.1, -0.05) is 64.7 Å². The molecule has 1 fully saturated rings. The van der Waals surface area contributed by atoms with Crippen molar-refractivity contribution in [3.05, 3.63) is 0 Å². The van der Waals surface area contributed by atoms with Gasteiger partial charge in [-0.2, -0.15) is 0 Å². The molecule has 0 aromatic rings. The van der Waals surface area contributed by atoms with Crippen molar-refractivity contribution in [3.8, 4) is 0 Å². The molecule has 1 rings (SSSR count). The van der Waals surface area contributed by atoms with Crippen molar-refractivity contribution in [2.45, 2.75) is 77.6 Å². The van der Waals surface area contributed by atoms with Gasteiger partial charge in [-0.3, -0.25) is 9.69 Å². The summed E-state index contributed by atoms with van der Waals surface area (Å²) in [6, 6.07) is 0. The van der Waals surface area contributed by atoms with Crippen LogP contribution in [0.25, 0.3) is 0 Å². The van der Waals surface area contributed by atoms with Crippen molar-refractivity contribution < 1.29 is 4.79 Å². The summed E-state index contributed by atoms with van der Waals surface area (Å²) in [6.45, 7) is 7.08. The third kappa shape index (κ3) is 10.9. The van der Waals surface area contributed by atoms with Crippen LogP contribution >= 0.6 is 0 Å². The van der Waals surface area contributed by atoms with Gasteiger partial charge in [-0.15, -0.1) is 0 Å². The van der Waals surface area contributed by atoms with E-state index in [-0.39, 0.29) is 0 Å². The zero-order valence-electron chi connectivity index (χ0n) is 14.2. The molecule has 1 aliphatic heterocycles. The number of piperazine rings is 1. The van der Waals surface area contributed by atoms with E-state index in [1.54, 1.807) is 0 Å². The minimum Gasteiger partial charge on any atom is -0.314 e. The van der Waals surface area contributed by atoms with Gasteiger partial charge in [0.15, 0.2) is 0 Å². The van der Waals surface area contributed by atoms with Gasteiger partial charge >= 0.3 is 0 Å². The van der Waals surface area contributed by atoms with Gasteiger partial charge in [-0.05, 0) is 6.42 Å². The lowest BCUT2D eigenvalue weighted by Gasteiger charge is -2.26. The van der Waals surface area contributed by atoms with Crippen molar-refractivity contribution in [3.63, 3.8) is 0 Å². The number of hydrogen-bond donors (Lipinski definition) is 1. The van der Waals surface area contributed by atoms with E-state index < -0.39 is 0 Å². The van der Waals surface area contributed by atoms with Crippen molar-refractivity contribution in [1.82, 2.24) is 10.2 Å². The van der Waals surface area contributed by atoms with Crippen molar-refractivity contribution in [2.24, 2.45) is 0 Å². The summed E-state index contributed by atoms with van der Waals surface area (Å²) in [4.78, 5) is 14.2. The van der Waals surface area contributed by atoms with Crippen LogP contribution in [0.4, 0.5) is 0 Å². The lowest BCUT2D eigenvalue weighted by atomic mass is 10.0. The predicted octanol–water partition coefficient (Wildman–Crippen LogP) is 3.77. The van der Waals surface area contributed by atoms with Gasteiger partial charge < -0.3 is 5.32 Å². The fourth-order valence-electron chi connectivity index (χ4n) is 3.01. The van der Waals surface area contributed by atoms with Crippen LogP contribution in [0.5, 0.6) is 0 Å². The number of hydrogen-bond acceptors (Lipinski definition) is 3. The maximum absolute atomic E-state index is 11.9. The molecular formula is C18H36N2O. The van der Waals surface area contributed by atoms with E-state index in [0.717, 1.165) is 39.0 Å². The molecule has 0 atom stereocenters. The number of rotatable bonds is 13. The molecule has 1 heterocycles. The Bertz CT molecular complexity index is 250. The highest BCUT2D eigenvalue weighted by Crippen LogP contribution is 2.11. The Hall–Kier alpha value is -0.410. The Balaban J connectivity index is 1.81. The molecule has 0 radical (unpaired) electrons. The molecule has 0 spiro atoms. The fraction of sp³-hybridized carbons (Fsp3) is 0.944. The summed E-state index contributed by atoms with van der Waals surface area (Å²) >= 11 is 0. The Kier molecular flexibility index (Phi) is 11.8. The van der Waals surface area contributed by atoms with Gasteiger partial charge in [-0.25, -0.2) is 0 Å². The van der Waals surface area contributed by atoms with E-state index in [1.165, 1.54) is 57.8 Å². The molecule has 1 aliphatic rings. The average Bonchev–Trinajstić information content (AvgIpc) is 2.50. The first kappa shape index (κ1) is 18.6. The van der Waals surface area contributed by atoms with Gasteiger partial charge in [0.25, 0.3) is 0 Å². The number of nitrogens with zero attached hydrogens (tertiary/aromatic N) is 1. The fourth-order valence-corrected chi connectivity index (χ4v) is 3.01. The number of carbonyl (C=O) groups excluding carboxylic acids is 1. The summed E-state index contributed by atoms with van der Waals surface area (Å²) in [6.07, 6.45) is 14.2. The zero-order valence-corrected chi connectivity index (χ0v) is 14.2. The van der Waals surface area contributed by atoms with E-state index >= 15 is 0 Å². The summed E-state index contributed by atoms with van der Waals surface area (Å²) in [5.74, 6) is 0.441. The predicted molar refractivity (Wildman–Crippen MR) is 90.8 cm³/mol. The highest BCUT2D eigenvalue weighted by molar-refractivity contribution is 5.80. The zero-order chi connectivity index (χ0) is 15.2. The van der Waals surface area contributed by atoms with Gasteiger partial charge in [0.1, 0.15) is 5.78 Å². The largest absolute Gasteiger partial charge is 0.314 e. The SMILES string of the molecule is CCCCCCCCCCCCC(=O)CN1CCNCC1. The maximum Gasteiger partial charge on any atom is 0.146 e. The quantitative estimate of drug-likeness (QED) is 0.525. The number of nitrogens with one attached hydrogen (secondary N) is 1. The summed E-state index contributed by atoms with van der Waals surface area (Å²) < 4.78 is 0. The molecule has 3 heteroatoms. The second-order valence-corrected chi connectivity index (χ2v) is 6.50. The standard InChI is InChI=1S/C18H36N2O/c1-2-3-4-5-6-7-8-9-10-11-12-18(21)17-20-15-13-19-14-16-20/h19H,2-17H2,1H3. The van der Waals surface area contributed by atoms with Crippen LogP contribution in [0.3, 0.4) is 0 Å². The van der Waals surface area contributed by atoms with Crippen LogP contribution in [0.2, 0.25) is 0 Å².